The normalized spacial score (nSPS) is 11.5. The highest BCUT2D eigenvalue weighted by atomic mass is 28.4. The number of Topliss-reactive ketones (excluding diaryl/α,β-unsaturated/α-hetero) is 1. The Kier molecular flexibility index (Phi) is 13.2. The molecule has 0 aromatic heterocycles. The summed E-state index contributed by atoms with van der Waals surface area (Å²) in [6, 6.07) is 0.702. The Balaban J connectivity index is 3.99. The van der Waals surface area contributed by atoms with Crippen molar-refractivity contribution in [1.82, 2.24) is 5.32 Å². The zero-order chi connectivity index (χ0) is 17.6. The molecular formula is C16H33NO5Si. The molecule has 0 unspecified atom stereocenters. The lowest BCUT2D eigenvalue weighted by Gasteiger charge is -2.28. The van der Waals surface area contributed by atoms with Gasteiger partial charge in [-0.1, -0.05) is 0 Å². The molecule has 0 fully saturated rings. The fourth-order valence-corrected chi connectivity index (χ4v) is 4.89. The summed E-state index contributed by atoms with van der Waals surface area (Å²) >= 11 is 0. The number of amides is 1. The van der Waals surface area contributed by atoms with Gasteiger partial charge in [-0.3, -0.25) is 4.79 Å². The molecule has 0 saturated heterocycles. The molecule has 0 aliphatic heterocycles. The molecule has 0 radical (unpaired) electrons. The van der Waals surface area contributed by atoms with Gasteiger partial charge in [0, 0.05) is 45.3 Å². The van der Waals surface area contributed by atoms with Crippen molar-refractivity contribution in [2.75, 3.05) is 26.4 Å². The van der Waals surface area contributed by atoms with E-state index >= 15 is 0 Å². The molecule has 7 heteroatoms. The molecule has 6 nitrogen and oxygen atoms in total. The molecule has 0 rings (SSSR count). The van der Waals surface area contributed by atoms with Crippen LogP contribution < -0.4 is 5.32 Å². The maximum absolute atomic E-state index is 11.7. The number of rotatable bonds is 15. The quantitative estimate of drug-likeness (QED) is 0.364. The molecule has 1 N–H and O–H groups in total. The molecule has 23 heavy (non-hydrogen) atoms. The first-order valence-corrected chi connectivity index (χ1v) is 10.6. The predicted molar refractivity (Wildman–Crippen MR) is 92.2 cm³/mol. The summed E-state index contributed by atoms with van der Waals surface area (Å²) in [5, 5.41) is 2.90. The third-order valence-electron chi connectivity index (χ3n) is 3.26. The standard InChI is InChI=1S/C16H33NO5Si/c1-5-20-23(21-6-2,22-7-3)14-10-13-17-16(19)12-9-8-11-15(4)18/h5-14H2,1-4H3,(H,17,19). The Labute approximate surface area is 141 Å². The van der Waals surface area contributed by atoms with Gasteiger partial charge in [-0.05, 0) is 47.0 Å². The van der Waals surface area contributed by atoms with Crippen molar-refractivity contribution in [1.29, 1.82) is 0 Å². The molecule has 0 saturated carbocycles. The number of ketones is 1. The third-order valence-corrected chi connectivity index (χ3v) is 6.41. The van der Waals surface area contributed by atoms with Gasteiger partial charge in [-0.2, -0.15) is 0 Å². The van der Waals surface area contributed by atoms with Crippen molar-refractivity contribution in [3.05, 3.63) is 0 Å². The van der Waals surface area contributed by atoms with Gasteiger partial charge in [0.15, 0.2) is 0 Å². The molecule has 0 bridgehead atoms. The number of unbranched alkanes of at least 4 members (excludes halogenated alkanes) is 1. The first kappa shape index (κ1) is 22.2. The van der Waals surface area contributed by atoms with Crippen LogP contribution in [0, 0.1) is 0 Å². The summed E-state index contributed by atoms with van der Waals surface area (Å²) in [5.74, 6) is 0.208. The molecule has 0 heterocycles. The van der Waals surface area contributed by atoms with Crippen molar-refractivity contribution in [2.45, 2.75) is 65.8 Å². The van der Waals surface area contributed by atoms with E-state index in [1.807, 2.05) is 20.8 Å². The minimum atomic E-state index is -2.60. The Morgan fingerprint density at radius 1 is 0.870 bits per heavy atom. The average molecular weight is 348 g/mol. The number of carbonyl (C=O) groups is 2. The average Bonchev–Trinajstić information content (AvgIpc) is 2.49. The van der Waals surface area contributed by atoms with Crippen molar-refractivity contribution < 1.29 is 22.9 Å². The summed E-state index contributed by atoms with van der Waals surface area (Å²) in [5.41, 5.74) is 0. The highest BCUT2D eigenvalue weighted by molar-refractivity contribution is 6.60. The zero-order valence-corrected chi connectivity index (χ0v) is 16.1. The summed E-state index contributed by atoms with van der Waals surface area (Å²) in [6.07, 6.45) is 3.32. The topological polar surface area (TPSA) is 73.9 Å². The van der Waals surface area contributed by atoms with Crippen LogP contribution in [0.5, 0.6) is 0 Å². The minimum Gasteiger partial charge on any atom is -0.374 e. The number of hydrogen-bond donors (Lipinski definition) is 1. The van der Waals surface area contributed by atoms with E-state index in [-0.39, 0.29) is 11.7 Å². The monoisotopic (exact) mass is 347 g/mol. The second-order valence-corrected chi connectivity index (χ2v) is 8.08. The van der Waals surface area contributed by atoms with E-state index in [1.165, 1.54) is 0 Å². The summed E-state index contributed by atoms with van der Waals surface area (Å²) in [6.45, 7) is 9.66. The van der Waals surface area contributed by atoms with Crippen LogP contribution in [-0.2, 0) is 22.9 Å². The molecule has 1 amide bonds. The maximum Gasteiger partial charge on any atom is 0.500 e. The largest absolute Gasteiger partial charge is 0.500 e. The zero-order valence-electron chi connectivity index (χ0n) is 15.1. The first-order valence-electron chi connectivity index (χ1n) is 8.67. The third kappa shape index (κ3) is 11.4. The van der Waals surface area contributed by atoms with Crippen LogP contribution >= 0.6 is 0 Å². The SMILES string of the molecule is CCO[Si](CCCNC(=O)CCCCC(C)=O)(OCC)OCC. The fraction of sp³-hybridized carbons (Fsp3) is 0.875. The maximum atomic E-state index is 11.7. The lowest BCUT2D eigenvalue weighted by atomic mass is 10.1. The van der Waals surface area contributed by atoms with E-state index < -0.39 is 8.80 Å². The molecule has 0 spiro atoms. The van der Waals surface area contributed by atoms with E-state index in [2.05, 4.69) is 5.32 Å². The summed E-state index contributed by atoms with van der Waals surface area (Å²) in [4.78, 5) is 22.5. The second kappa shape index (κ2) is 13.7. The molecule has 0 atom stereocenters. The van der Waals surface area contributed by atoms with Crippen LogP contribution in [0.4, 0.5) is 0 Å². The van der Waals surface area contributed by atoms with Gasteiger partial charge < -0.3 is 23.4 Å². The molecule has 0 aromatic rings. The van der Waals surface area contributed by atoms with Crippen LogP contribution in [0.15, 0.2) is 0 Å². The Morgan fingerprint density at radius 2 is 1.39 bits per heavy atom. The summed E-state index contributed by atoms with van der Waals surface area (Å²) < 4.78 is 17.3. The van der Waals surface area contributed by atoms with Crippen molar-refractivity contribution >= 4 is 20.5 Å². The minimum absolute atomic E-state index is 0.0325. The lowest BCUT2D eigenvalue weighted by Crippen LogP contribution is -2.46. The molecular weight excluding hydrogens is 314 g/mol. The van der Waals surface area contributed by atoms with Gasteiger partial charge in [-0.25, -0.2) is 0 Å². The lowest BCUT2D eigenvalue weighted by molar-refractivity contribution is -0.121. The fourth-order valence-electron chi connectivity index (χ4n) is 2.28. The van der Waals surface area contributed by atoms with Crippen molar-refractivity contribution in [2.24, 2.45) is 0 Å². The van der Waals surface area contributed by atoms with Gasteiger partial charge in [0.05, 0.1) is 0 Å². The van der Waals surface area contributed by atoms with Crippen LogP contribution in [-0.4, -0.2) is 46.9 Å². The summed E-state index contributed by atoms with van der Waals surface area (Å²) in [7, 11) is -2.60. The van der Waals surface area contributed by atoms with E-state index in [1.54, 1.807) is 6.92 Å². The smallest absolute Gasteiger partial charge is 0.374 e. The van der Waals surface area contributed by atoms with E-state index in [0.717, 1.165) is 19.3 Å². The van der Waals surface area contributed by atoms with Crippen LogP contribution in [0.25, 0.3) is 0 Å². The Morgan fingerprint density at radius 3 is 1.87 bits per heavy atom. The number of carbonyl (C=O) groups excluding carboxylic acids is 2. The first-order chi connectivity index (χ1) is 11.0. The van der Waals surface area contributed by atoms with Gasteiger partial charge in [0.25, 0.3) is 0 Å². The van der Waals surface area contributed by atoms with Crippen molar-refractivity contribution in [3.8, 4) is 0 Å². The number of hydrogen-bond acceptors (Lipinski definition) is 5. The van der Waals surface area contributed by atoms with Gasteiger partial charge >= 0.3 is 8.80 Å². The molecule has 136 valence electrons. The van der Waals surface area contributed by atoms with Gasteiger partial charge in [0.1, 0.15) is 5.78 Å². The highest BCUT2D eigenvalue weighted by Crippen LogP contribution is 2.17. The van der Waals surface area contributed by atoms with Crippen LogP contribution in [0.3, 0.4) is 0 Å². The molecule has 0 aromatic carbocycles. The van der Waals surface area contributed by atoms with Crippen LogP contribution in [0.1, 0.15) is 59.8 Å². The van der Waals surface area contributed by atoms with Gasteiger partial charge in [-0.15, -0.1) is 0 Å². The van der Waals surface area contributed by atoms with E-state index in [0.29, 0.717) is 45.3 Å². The van der Waals surface area contributed by atoms with Crippen LogP contribution in [0.2, 0.25) is 6.04 Å². The second-order valence-electron chi connectivity index (χ2n) is 5.34. The molecule has 0 aliphatic carbocycles. The predicted octanol–water partition coefficient (Wildman–Crippen LogP) is 2.69. The van der Waals surface area contributed by atoms with Crippen molar-refractivity contribution in [3.63, 3.8) is 0 Å². The molecule has 0 aliphatic rings. The van der Waals surface area contributed by atoms with E-state index in [9.17, 15) is 9.59 Å². The Bertz CT molecular complexity index is 321. The Hall–Kier alpha value is -0.763. The van der Waals surface area contributed by atoms with E-state index in [4.69, 9.17) is 13.3 Å². The number of nitrogens with one attached hydrogen (secondary N) is 1. The van der Waals surface area contributed by atoms with Gasteiger partial charge in [0.2, 0.25) is 5.91 Å². The highest BCUT2D eigenvalue weighted by Gasteiger charge is 2.39.